The van der Waals surface area contributed by atoms with E-state index in [-0.39, 0.29) is 11.7 Å². The molecule has 1 aliphatic carbocycles. The number of carbonyl (C=O) groups is 1. The van der Waals surface area contributed by atoms with Crippen molar-refractivity contribution < 1.29 is 23.1 Å². The number of amidine groups is 1. The zero-order valence-electron chi connectivity index (χ0n) is 17.8. The molecule has 5 N–H and O–H groups in total. The summed E-state index contributed by atoms with van der Waals surface area (Å²) in [5.41, 5.74) is 5.84. The number of nitrogens with two attached hydrogens (primary N) is 1. The van der Waals surface area contributed by atoms with E-state index in [1.165, 1.54) is 11.3 Å². The molecule has 1 aromatic carbocycles. The van der Waals surface area contributed by atoms with Crippen LogP contribution in [0, 0.1) is 5.41 Å². The van der Waals surface area contributed by atoms with E-state index in [0.29, 0.717) is 34.6 Å². The molecule has 7 nitrogen and oxygen atoms in total. The van der Waals surface area contributed by atoms with E-state index >= 15 is 0 Å². The van der Waals surface area contributed by atoms with Crippen molar-refractivity contribution in [1.82, 2.24) is 9.97 Å². The quantitative estimate of drug-likeness (QED) is 0.261. The van der Waals surface area contributed by atoms with Gasteiger partial charge in [0.2, 0.25) is 0 Å². The highest BCUT2D eigenvalue weighted by Crippen LogP contribution is 2.48. The molecule has 0 aliphatic heterocycles. The Bertz CT molecular complexity index is 1170. The Hall–Kier alpha value is -3.47. The van der Waals surface area contributed by atoms with Gasteiger partial charge in [0, 0.05) is 22.2 Å². The molecule has 1 saturated carbocycles. The summed E-state index contributed by atoms with van der Waals surface area (Å²) in [6, 6.07) is 7.55. The van der Waals surface area contributed by atoms with Gasteiger partial charge in [-0.3, -0.25) is 5.41 Å². The molecule has 3 aromatic rings. The summed E-state index contributed by atoms with van der Waals surface area (Å²) < 4.78 is 38.8. The van der Waals surface area contributed by atoms with Crippen LogP contribution in [-0.2, 0) is 6.18 Å². The van der Waals surface area contributed by atoms with Gasteiger partial charge in [0.05, 0.1) is 11.3 Å². The van der Waals surface area contributed by atoms with Gasteiger partial charge in [-0.05, 0) is 24.8 Å². The molecule has 2 aromatic heterocycles. The van der Waals surface area contributed by atoms with Crippen LogP contribution in [0.3, 0.4) is 0 Å². The standard InChI is InChI=1S/C20H16F3N5O2S.C2H6/c21-20(22,23)12-7-13(18(29)30)17(26-8-12)28-19-27-14(15(31-19)10-3-4-10)9-1-5-11(6-2-9)16(24)25;1-2/h1-2,5-8,10H,3-4H2,(H3,24,25)(H,29,30)(H,26,27,28);1-2H3. The number of halogens is 3. The normalized spacial score (nSPS) is 13.1. The minimum absolute atomic E-state index is 0.0517. The molecule has 0 spiro atoms. The maximum Gasteiger partial charge on any atom is 0.417 e. The third-order valence-corrected chi connectivity index (χ3v) is 5.87. The molecule has 174 valence electrons. The number of thiazole rings is 1. The highest BCUT2D eigenvalue weighted by molar-refractivity contribution is 7.16. The van der Waals surface area contributed by atoms with Crippen LogP contribution in [0.5, 0.6) is 0 Å². The van der Waals surface area contributed by atoms with Crippen molar-refractivity contribution >= 4 is 34.1 Å². The van der Waals surface area contributed by atoms with E-state index in [2.05, 4.69) is 15.3 Å². The number of carboxylic acid groups (broad SMARTS) is 1. The molecule has 0 atom stereocenters. The van der Waals surface area contributed by atoms with Crippen LogP contribution >= 0.6 is 11.3 Å². The van der Waals surface area contributed by atoms with Crippen molar-refractivity contribution in [3.63, 3.8) is 0 Å². The fourth-order valence-corrected chi connectivity index (χ4v) is 4.16. The average molecular weight is 478 g/mol. The molecule has 1 aliphatic rings. The number of nitrogens with one attached hydrogen (secondary N) is 2. The SMILES string of the molecule is CC.N=C(N)c1ccc(-c2nc(Nc3ncc(C(F)(F)F)cc3C(=O)O)sc2C2CC2)cc1. The molecule has 4 rings (SSSR count). The maximum absolute atomic E-state index is 12.9. The van der Waals surface area contributed by atoms with Crippen LogP contribution in [-0.4, -0.2) is 26.9 Å². The van der Waals surface area contributed by atoms with Crippen LogP contribution in [0.1, 0.15) is 59.0 Å². The van der Waals surface area contributed by atoms with Crippen LogP contribution in [0.25, 0.3) is 11.3 Å². The zero-order valence-corrected chi connectivity index (χ0v) is 18.6. The summed E-state index contributed by atoms with van der Waals surface area (Å²) in [4.78, 5) is 20.7. The summed E-state index contributed by atoms with van der Waals surface area (Å²) in [5.74, 6) is -1.46. The minimum Gasteiger partial charge on any atom is -0.478 e. The Labute approximate surface area is 192 Å². The summed E-state index contributed by atoms with van der Waals surface area (Å²) in [5, 5.41) is 20.0. The summed E-state index contributed by atoms with van der Waals surface area (Å²) in [6.07, 6.45) is -2.11. The number of aromatic nitrogens is 2. The lowest BCUT2D eigenvalue weighted by molar-refractivity contribution is -0.137. The molecule has 2 heterocycles. The number of hydrogen-bond donors (Lipinski definition) is 4. The second kappa shape index (κ2) is 9.57. The number of hydrogen-bond acceptors (Lipinski definition) is 6. The molecular formula is C22H22F3N5O2S. The fourth-order valence-electron chi connectivity index (χ4n) is 3.01. The minimum atomic E-state index is -4.70. The van der Waals surface area contributed by atoms with E-state index in [0.717, 1.165) is 23.3 Å². The van der Waals surface area contributed by atoms with E-state index in [1.807, 2.05) is 13.8 Å². The highest BCUT2D eigenvalue weighted by Gasteiger charge is 2.33. The number of anilines is 2. The Balaban J connectivity index is 0.00000149. The fraction of sp³-hybridized carbons (Fsp3) is 0.273. The van der Waals surface area contributed by atoms with Crippen molar-refractivity contribution in [2.24, 2.45) is 5.73 Å². The highest BCUT2D eigenvalue weighted by atomic mass is 32.1. The van der Waals surface area contributed by atoms with Crippen molar-refractivity contribution in [2.45, 2.75) is 38.8 Å². The van der Waals surface area contributed by atoms with Gasteiger partial charge in [0.1, 0.15) is 17.2 Å². The molecule has 11 heteroatoms. The number of rotatable bonds is 6. The summed E-state index contributed by atoms with van der Waals surface area (Å²) >= 11 is 1.32. The van der Waals surface area contributed by atoms with Crippen LogP contribution in [0.4, 0.5) is 24.1 Å². The Morgan fingerprint density at radius 2 is 1.88 bits per heavy atom. The number of alkyl halides is 3. The molecule has 33 heavy (non-hydrogen) atoms. The number of pyridine rings is 1. The monoisotopic (exact) mass is 477 g/mol. The topological polar surface area (TPSA) is 125 Å². The molecule has 0 radical (unpaired) electrons. The lowest BCUT2D eigenvalue weighted by Crippen LogP contribution is -2.11. The van der Waals surface area contributed by atoms with Crippen molar-refractivity contribution in [3.8, 4) is 11.3 Å². The predicted octanol–water partition coefficient (Wildman–Crippen LogP) is 5.85. The Kier molecular flexibility index (Phi) is 7.01. The molecular weight excluding hydrogens is 455 g/mol. The van der Waals surface area contributed by atoms with Gasteiger partial charge in [0.15, 0.2) is 5.13 Å². The smallest absolute Gasteiger partial charge is 0.417 e. The van der Waals surface area contributed by atoms with Gasteiger partial charge < -0.3 is 16.2 Å². The van der Waals surface area contributed by atoms with E-state index < -0.39 is 23.3 Å². The van der Waals surface area contributed by atoms with E-state index in [4.69, 9.17) is 11.1 Å². The number of benzene rings is 1. The van der Waals surface area contributed by atoms with Crippen molar-refractivity contribution in [3.05, 3.63) is 58.1 Å². The molecule has 0 unspecified atom stereocenters. The molecule has 0 amide bonds. The first-order valence-corrected chi connectivity index (χ1v) is 11.0. The molecule has 1 fully saturated rings. The Morgan fingerprint density at radius 3 is 2.39 bits per heavy atom. The number of nitrogens with zero attached hydrogens (tertiary/aromatic N) is 2. The van der Waals surface area contributed by atoms with Crippen molar-refractivity contribution in [1.29, 1.82) is 5.41 Å². The van der Waals surface area contributed by atoms with Crippen LogP contribution in [0.15, 0.2) is 36.5 Å². The number of carboxylic acids is 1. The average Bonchev–Trinajstić information content (AvgIpc) is 3.54. The van der Waals surface area contributed by atoms with Gasteiger partial charge in [-0.15, -0.1) is 11.3 Å². The molecule has 0 saturated heterocycles. The lowest BCUT2D eigenvalue weighted by atomic mass is 10.1. The summed E-state index contributed by atoms with van der Waals surface area (Å²) in [6.45, 7) is 4.00. The van der Waals surface area contributed by atoms with Gasteiger partial charge in [-0.1, -0.05) is 38.1 Å². The maximum atomic E-state index is 12.9. The van der Waals surface area contributed by atoms with Gasteiger partial charge in [0.25, 0.3) is 0 Å². The third kappa shape index (κ3) is 5.48. The van der Waals surface area contributed by atoms with Gasteiger partial charge in [-0.25, -0.2) is 14.8 Å². The third-order valence-electron chi connectivity index (χ3n) is 4.74. The predicted molar refractivity (Wildman–Crippen MR) is 121 cm³/mol. The van der Waals surface area contributed by atoms with Crippen LogP contribution < -0.4 is 11.1 Å². The molecule has 0 bridgehead atoms. The van der Waals surface area contributed by atoms with Gasteiger partial charge >= 0.3 is 12.1 Å². The zero-order chi connectivity index (χ0) is 24.3. The second-order valence-electron chi connectivity index (χ2n) is 7.05. The lowest BCUT2D eigenvalue weighted by Gasteiger charge is -2.10. The Morgan fingerprint density at radius 1 is 1.24 bits per heavy atom. The van der Waals surface area contributed by atoms with Crippen LogP contribution in [0.2, 0.25) is 0 Å². The first-order chi connectivity index (χ1) is 15.6. The number of nitrogen functional groups attached to an aromatic ring is 1. The second-order valence-corrected chi connectivity index (χ2v) is 8.08. The van der Waals surface area contributed by atoms with E-state index in [9.17, 15) is 23.1 Å². The summed E-state index contributed by atoms with van der Waals surface area (Å²) in [7, 11) is 0. The van der Waals surface area contributed by atoms with E-state index in [1.54, 1.807) is 24.3 Å². The number of aromatic carboxylic acids is 1. The first-order valence-electron chi connectivity index (χ1n) is 10.2. The van der Waals surface area contributed by atoms with Gasteiger partial charge in [-0.2, -0.15) is 13.2 Å². The van der Waals surface area contributed by atoms with Crippen molar-refractivity contribution in [2.75, 3.05) is 5.32 Å². The first kappa shape index (κ1) is 24.2. The largest absolute Gasteiger partial charge is 0.478 e.